The smallest absolute Gasteiger partial charge is 0.255 e. The van der Waals surface area contributed by atoms with Crippen molar-refractivity contribution in [3.05, 3.63) is 82.0 Å². The molecular weight excluding hydrogens is 421 g/mol. The largest absolute Gasteiger partial charge is 0.436 e. The number of ether oxygens (including phenoxy) is 1. The molecule has 0 amide bonds. The number of nitrogens with one attached hydrogen (secondary N) is 1. The number of hydrogen-bond donors (Lipinski definition) is 1. The Bertz CT molecular complexity index is 1320. The lowest BCUT2D eigenvalue weighted by molar-refractivity contribution is 0.423. The molecule has 31 heavy (non-hydrogen) atoms. The van der Waals surface area contributed by atoms with E-state index in [4.69, 9.17) is 4.74 Å². The highest BCUT2D eigenvalue weighted by atomic mass is 32.2. The average Bonchev–Trinajstić information content (AvgIpc) is 2.72. The Kier molecular flexibility index (Phi) is 6.26. The van der Waals surface area contributed by atoms with Gasteiger partial charge in [0.2, 0.25) is 0 Å². The van der Waals surface area contributed by atoms with Gasteiger partial charge in [0, 0.05) is 47.2 Å². The maximum atomic E-state index is 14.3. The molecule has 9 heteroatoms. The molecule has 1 aromatic carbocycles. The summed E-state index contributed by atoms with van der Waals surface area (Å²) in [5.74, 6) is -0.596. The first kappa shape index (κ1) is 22.2. The molecule has 0 atom stereocenters. The van der Waals surface area contributed by atoms with Crippen LogP contribution in [-0.2, 0) is 23.5 Å². The highest BCUT2D eigenvalue weighted by molar-refractivity contribution is 7.95. The van der Waals surface area contributed by atoms with E-state index in [0.717, 1.165) is 5.41 Å². The van der Waals surface area contributed by atoms with Crippen LogP contribution in [0.1, 0.15) is 18.1 Å². The van der Waals surface area contributed by atoms with Crippen LogP contribution in [0.15, 0.2) is 59.5 Å². The molecule has 0 aliphatic heterocycles. The van der Waals surface area contributed by atoms with E-state index in [9.17, 15) is 17.6 Å². The molecule has 0 aliphatic carbocycles. The average molecular weight is 444 g/mol. The number of nitrogens with zero attached hydrogens (tertiary/aromatic N) is 2. The van der Waals surface area contributed by atoms with E-state index >= 15 is 0 Å². The molecule has 1 N–H and O–H groups in total. The molecule has 0 bridgehead atoms. The minimum Gasteiger partial charge on any atom is -0.436 e. The van der Waals surface area contributed by atoms with Crippen molar-refractivity contribution in [2.24, 2.45) is 7.05 Å². The fraction of sp³-hybridized carbons (Fsp3) is 0.182. The van der Waals surface area contributed by atoms with Gasteiger partial charge in [-0.3, -0.25) is 9.52 Å². The Hall–Kier alpha value is -3.46. The summed E-state index contributed by atoms with van der Waals surface area (Å²) in [5.41, 5.74) is 2.39. The number of anilines is 1. The van der Waals surface area contributed by atoms with E-state index in [1.807, 2.05) is 6.92 Å². The van der Waals surface area contributed by atoms with E-state index in [1.54, 1.807) is 32.3 Å². The van der Waals surface area contributed by atoms with Gasteiger partial charge >= 0.3 is 0 Å². The lowest BCUT2D eigenvalue weighted by atomic mass is 10.0. The van der Waals surface area contributed by atoms with Crippen LogP contribution < -0.4 is 15.0 Å². The van der Waals surface area contributed by atoms with Gasteiger partial charge in [-0.15, -0.1) is 0 Å². The molecule has 3 rings (SSSR count). The predicted octanol–water partition coefficient (Wildman–Crippen LogP) is 4.13. The molecule has 0 radical (unpaired) electrons. The van der Waals surface area contributed by atoms with E-state index < -0.39 is 15.8 Å². The quantitative estimate of drug-likeness (QED) is 0.593. The second-order valence-electron chi connectivity index (χ2n) is 6.95. The van der Waals surface area contributed by atoms with Gasteiger partial charge in [-0.25, -0.2) is 17.8 Å². The van der Waals surface area contributed by atoms with Crippen molar-refractivity contribution in [3.8, 4) is 22.8 Å². The van der Waals surface area contributed by atoms with Crippen LogP contribution in [0.4, 0.5) is 10.1 Å². The molecule has 2 heterocycles. The Morgan fingerprint density at radius 1 is 1.29 bits per heavy atom. The highest BCUT2D eigenvalue weighted by Gasteiger charge is 2.16. The normalized spacial score (nSPS) is 11.2. The van der Waals surface area contributed by atoms with E-state index in [1.165, 1.54) is 29.0 Å². The number of sulfonamides is 1. The first-order chi connectivity index (χ1) is 14.6. The number of aromatic nitrogens is 2. The summed E-state index contributed by atoms with van der Waals surface area (Å²) in [6.45, 7) is 6.85. The highest BCUT2D eigenvalue weighted by Crippen LogP contribution is 2.36. The van der Waals surface area contributed by atoms with E-state index in [0.29, 0.717) is 28.7 Å². The zero-order valence-electron chi connectivity index (χ0n) is 17.3. The third-order valence-corrected chi connectivity index (χ3v) is 5.52. The van der Waals surface area contributed by atoms with Crippen molar-refractivity contribution >= 4 is 15.7 Å². The summed E-state index contributed by atoms with van der Waals surface area (Å²) in [4.78, 5) is 16.3. The fourth-order valence-electron chi connectivity index (χ4n) is 3.00. The molecule has 0 fully saturated rings. The van der Waals surface area contributed by atoms with Crippen LogP contribution in [0.2, 0.25) is 0 Å². The first-order valence-electron chi connectivity index (χ1n) is 9.42. The summed E-state index contributed by atoms with van der Waals surface area (Å²) in [6, 6.07) is 7.54. The molecule has 0 spiro atoms. The number of hydrogen-bond acceptors (Lipinski definition) is 5. The monoisotopic (exact) mass is 443 g/mol. The summed E-state index contributed by atoms with van der Waals surface area (Å²) >= 11 is 0. The van der Waals surface area contributed by atoms with Gasteiger partial charge in [-0.1, -0.05) is 13.5 Å². The third-order valence-electron chi connectivity index (χ3n) is 4.56. The van der Waals surface area contributed by atoms with Crippen molar-refractivity contribution in [3.63, 3.8) is 0 Å². The maximum Gasteiger partial charge on any atom is 0.255 e. The molecule has 7 nitrogen and oxygen atoms in total. The second-order valence-corrected chi connectivity index (χ2v) is 8.58. The first-order valence-corrected chi connectivity index (χ1v) is 11.0. The number of halogens is 1. The van der Waals surface area contributed by atoms with Crippen LogP contribution in [0.3, 0.4) is 0 Å². The van der Waals surface area contributed by atoms with Crippen molar-refractivity contribution < 1.29 is 17.5 Å². The number of aryl methyl sites for hydroxylation is 3. The van der Waals surface area contributed by atoms with Crippen LogP contribution >= 0.6 is 0 Å². The number of benzene rings is 1. The van der Waals surface area contributed by atoms with Gasteiger partial charge < -0.3 is 9.30 Å². The van der Waals surface area contributed by atoms with Crippen molar-refractivity contribution in [1.82, 2.24) is 9.55 Å². The van der Waals surface area contributed by atoms with E-state index in [2.05, 4.69) is 16.3 Å². The molecular formula is C22H22FN3O4S. The van der Waals surface area contributed by atoms with E-state index in [-0.39, 0.29) is 22.9 Å². The van der Waals surface area contributed by atoms with Crippen LogP contribution in [0.5, 0.6) is 11.6 Å². The summed E-state index contributed by atoms with van der Waals surface area (Å²) in [5, 5.41) is 0.796. The topological polar surface area (TPSA) is 90.3 Å². The summed E-state index contributed by atoms with van der Waals surface area (Å²) < 4.78 is 47.7. The van der Waals surface area contributed by atoms with Gasteiger partial charge in [0.25, 0.3) is 21.5 Å². The maximum absolute atomic E-state index is 14.3. The molecule has 0 saturated carbocycles. The standard InChI is InChI=1S/C22H22FN3O4S/c1-5-15-10-16(13-26(4)22(15)27)18-11-17(25-31(28,29)6-2)7-8-20(18)30-21-19(23)9-14(3)12-24-21/h6-13,25H,2,5H2,1,3-4H3. The third kappa shape index (κ3) is 5.00. The van der Waals surface area contributed by atoms with Crippen molar-refractivity contribution in [2.75, 3.05) is 4.72 Å². The molecule has 0 aliphatic rings. The van der Waals surface area contributed by atoms with Crippen LogP contribution in [-0.4, -0.2) is 18.0 Å². The Morgan fingerprint density at radius 2 is 2.03 bits per heavy atom. The van der Waals surface area contributed by atoms with Gasteiger partial charge in [0.05, 0.1) is 0 Å². The van der Waals surface area contributed by atoms with Gasteiger partial charge in [-0.2, -0.15) is 0 Å². The van der Waals surface area contributed by atoms with Gasteiger partial charge in [0.1, 0.15) is 5.75 Å². The molecule has 0 unspecified atom stereocenters. The lowest BCUT2D eigenvalue weighted by Crippen LogP contribution is -2.20. The van der Waals surface area contributed by atoms with Crippen LogP contribution in [0, 0.1) is 12.7 Å². The van der Waals surface area contributed by atoms with Crippen molar-refractivity contribution in [2.45, 2.75) is 20.3 Å². The molecule has 2 aromatic heterocycles. The van der Waals surface area contributed by atoms with Crippen molar-refractivity contribution in [1.29, 1.82) is 0 Å². The second kappa shape index (κ2) is 8.73. The minimum atomic E-state index is -3.74. The summed E-state index contributed by atoms with van der Waals surface area (Å²) in [7, 11) is -2.11. The van der Waals surface area contributed by atoms with Gasteiger partial charge in [0.15, 0.2) is 5.82 Å². The lowest BCUT2D eigenvalue weighted by Gasteiger charge is -2.15. The number of rotatable bonds is 7. The Labute approximate surface area is 179 Å². The fourth-order valence-corrected chi connectivity index (χ4v) is 3.53. The summed E-state index contributed by atoms with van der Waals surface area (Å²) in [6.07, 6.45) is 3.59. The Balaban J connectivity index is 2.18. The van der Waals surface area contributed by atoms with Crippen LogP contribution in [0.25, 0.3) is 11.1 Å². The molecule has 162 valence electrons. The zero-order chi connectivity index (χ0) is 22.8. The Morgan fingerprint density at radius 3 is 2.68 bits per heavy atom. The number of pyridine rings is 2. The molecule has 3 aromatic rings. The molecule has 0 saturated heterocycles. The zero-order valence-corrected chi connectivity index (χ0v) is 18.2. The minimum absolute atomic E-state index is 0.136. The SMILES string of the molecule is C=CS(=O)(=O)Nc1ccc(Oc2ncc(C)cc2F)c(-c2cc(CC)c(=O)n(C)c2)c1. The van der Waals surface area contributed by atoms with Gasteiger partial charge in [-0.05, 0) is 49.2 Å². The predicted molar refractivity (Wildman–Crippen MR) is 118 cm³/mol.